The van der Waals surface area contributed by atoms with E-state index in [1.54, 1.807) is 24.3 Å². The number of nitrogens with one attached hydrogen (secondary N) is 2. The van der Waals surface area contributed by atoms with E-state index in [1.807, 2.05) is 31.2 Å². The summed E-state index contributed by atoms with van der Waals surface area (Å²) in [4.78, 5) is 27.0. The molecule has 2 aromatic carbocycles. The lowest BCUT2D eigenvalue weighted by molar-refractivity contribution is -0.113. The zero-order valence-corrected chi connectivity index (χ0v) is 17.2. The van der Waals surface area contributed by atoms with Crippen LogP contribution in [0.1, 0.15) is 18.2 Å². The number of anilines is 1. The Bertz CT molecular complexity index is 1020. The van der Waals surface area contributed by atoms with Crippen LogP contribution in [-0.2, 0) is 11.2 Å². The Hall–Kier alpha value is -2.84. The van der Waals surface area contributed by atoms with Crippen molar-refractivity contribution in [1.82, 2.24) is 15.2 Å². The van der Waals surface area contributed by atoms with Crippen molar-refractivity contribution in [2.45, 2.75) is 18.5 Å². The third kappa shape index (κ3) is 6.33. The van der Waals surface area contributed by atoms with E-state index in [9.17, 15) is 9.59 Å². The molecular formula is C20H19ClN4O3S. The lowest BCUT2D eigenvalue weighted by atomic mass is 10.1. The van der Waals surface area contributed by atoms with Crippen LogP contribution in [0, 0.1) is 0 Å². The smallest absolute Gasteiger partial charge is 0.273 e. The number of carbonyl (C=O) groups is 1. The van der Waals surface area contributed by atoms with E-state index in [1.165, 1.54) is 0 Å². The summed E-state index contributed by atoms with van der Waals surface area (Å²) in [6.07, 6.45) is 0.358. The number of H-pyrrole nitrogens is 1. The summed E-state index contributed by atoms with van der Waals surface area (Å²) in [6, 6.07) is 14.3. The monoisotopic (exact) mass is 430 g/mol. The quantitative estimate of drug-likeness (QED) is 0.530. The molecule has 3 rings (SSSR count). The summed E-state index contributed by atoms with van der Waals surface area (Å²) in [5.74, 6) is 0.643. The second kappa shape index (κ2) is 10.1. The molecule has 2 N–H and O–H groups in total. The summed E-state index contributed by atoms with van der Waals surface area (Å²) in [5, 5.41) is 11.6. The Morgan fingerprint density at radius 3 is 2.52 bits per heavy atom. The minimum atomic E-state index is -0.325. The van der Waals surface area contributed by atoms with Crippen LogP contribution in [0.5, 0.6) is 5.75 Å². The number of aromatic amines is 1. The van der Waals surface area contributed by atoms with Crippen molar-refractivity contribution >= 4 is 35.0 Å². The van der Waals surface area contributed by atoms with Gasteiger partial charge in [0, 0.05) is 17.1 Å². The Morgan fingerprint density at radius 2 is 1.86 bits per heavy atom. The number of carbonyl (C=O) groups excluding carboxylic acids is 1. The first-order chi connectivity index (χ1) is 14.0. The second-order valence-corrected chi connectivity index (χ2v) is 7.40. The summed E-state index contributed by atoms with van der Waals surface area (Å²) >= 11 is 6.92. The van der Waals surface area contributed by atoms with Crippen molar-refractivity contribution in [2.24, 2.45) is 0 Å². The van der Waals surface area contributed by atoms with Crippen molar-refractivity contribution in [1.29, 1.82) is 0 Å². The molecular weight excluding hydrogens is 412 g/mol. The molecule has 0 atom stereocenters. The molecule has 0 saturated heterocycles. The van der Waals surface area contributed by atoms with Gasteiger partial charge in [0.1, 0.15) is 11.4 Å². The Labute approximate surface area is 176 Å². The van der Waals surface area contributed by atoms with Crippen LogP contribution in [0.3, 0.4) is 0 Å². The first-order valence-corrected chi connectivity index (χ1v) is 10.3. The van der Waals surface area contributed by atoms with E-state index < -0.39 is 0 Å². The number of halogens is 1. The van der Waals surface area contributed by atoms with Gasteiger partial charge in [0.15, 0.2) is 5.16 Å². The standard InChI is InChI=1S/C20H19ClN4O3S/c1-2-28-16-9-3-13(4-10-16)11-17-19(27)23-20(25-24-17)29-12-18(26)22-15-7-5-14(21)6-8-15/h3-10H,2,11-12H2,1H3,(H,22,26)(H,23,25,27). The maximum Gasteiger partial charge on any atom is 0.273 e. The van der Waals surface area contributed by atoms with E-state index in [2.05, 4.69) is 20.5 Å². The van der Waals surface area contributed by atoms with Crippen molar-refractivity contribution in [3.8, 4) is 5.75 Å². The van der Waals surface area contributed by atoms with Gasteiger partial charge in [-0.3, -0.25) is 14.6 Å². The highest BCUT2D eigenvalue weighted by Crippen LogP contribution is 2.16. The summed E-state index contributed by atoms with van der Waals surface area (Å²) < 4.78 is 5.40. The van der Waals surface area contributed by atoms with Crippen LogP contribution in [0.15, 0.2) is 58.5 Å². The van der Waals surface area contributed by atoms with E-state index in [4.69, 9.17) is 16.3 Å². The number of benzene rings is 2. The number of hydrogen-bond donors (Lipinski definition) is 2. The van der Waals surface area contributed by atoms with E-state index >= 15 is 0 Å². The van der Waals surface area contributed by atoms with Gasteiger partial charge in [-0.05, 0) is 48.9 Å². The van der Waals surface area contributed by atoms with E-state index in [-0.39, 0.29) is 22.4 Å². The minimum Gasteiger partial charge on any atom is -0.494 e. The van der Waals surface area contributed by atoms with Gasteiger partial charge in [-0.2, -0.15) is 0 Å². The first kappa shape index (κ1) is 20.9. The molecule has 0 bridgehead atoms. The van der Waals surface area contributed by atoms with Crippen molar-refractivity contribution < 1.29 is 9.53 Å². The average molecular weight is 431 g/mol. The fourth-order valence-electron chi connectivity index (χ4n) is 2.45. The zero-order chi connectivity index (χ0) is 20.6. The molecule has 9 heteroatoms. The fourth-order valence-corrected chi connectivity index (χ4v) is 3.18. The van der Waals surface area contributed by atoms with Crippen LogP contribution in [0.2, 0.25) is 5.02 Å². The number of aromatic nitrogens is 3. The SMILES string of the molecule is CCOc1ccc(Cc2nnc(SCC(=O)Nc3ccc(Cl)cc3)[nH]c2=O)cc1. The Morgan fingerprint density at radius 1 is 1.14 bits per heavy atom. The average Bonchev–Trinajstić information content (AvgIpc) is 2.71. The highest BCUT2D eigenvalue weighted by molar-refractivity contribution is 7.99. The number of hydrogen-bond acceptors (Lipinski definition) is 6. The Balaban J connectivity index is 1.55. The van der Waals surface area contributed by atoms with Gasteiger partial charge in [-0.25, -0.2) is 0 Å². The number of ether oxygens (including phenoxy) is 1. The van der Waals surface area contributed by atoms with Gasteiger partial charge in [0.2, 0.25) is 5.91 Å². The molecule has 0 unspecified atom stereocenters. The highest BCUT2D eigenvalue weighted by atomic mass is 35.5. The van der Waals surface area contributed by atoms with Crippen LogP contribution in [0.4, 0.5) is 5.69 Å². The molecule has 0 aliphatic rings. The minimum absolute atomic E-state index is 0.0888. The normalized spacial score (nSPS) is 10.6. The largest absolute Gasteiger partial charge is 0.494 e. The van der Waals surface area contributed by atoms with Crippen molar-refractivity contribution in [3.63, 3.8) is 0 Å². The van der Waals surface area contributed by atoms with Gasteiger partial charge in [0.25, 0.3) is 5.56 Å². The maximum absolute atomic E-state index is 12.3. The fraction of sp³-hybridized carbons (Fsp3) is 0.200. The van der Waals surface area contributed by atoms with Crippen LogP contribution in [0.25, 0.3) is 0 Å². The molecule has 0 radical (unpaired) electrons. The number of rotatable bonds is 8. The van der Waals surface area contributed by atoms with Gasteiger partial charge in [0.05, 0.1) is 12.4 Å². The number of thioether (sulfide) groups is 1. The molecule has 150 valence electrons. The molecule has 3 aromatic rings. The van der Waals surface area contributed by atoms with Crippen LogP contribution < -0.4 is 15.6 Å². The molecule has 29 heavy (non-hydrogen) atoms. The van der Waals surface area contributed by atoms with Crippen molar-refractivity contribution in [3.05, 3.63) is 75.2 Å². The third-order valence-electron chi connectivity index (χ3n) is 3.82. The summed E-state index contributed by atoms with van der Waals surface area (Å²) in [5.41, 5.74) is 1.56. The lowest BCUT2D eigenvalue weighted by Crippen LogP contribution is -2.19. The molecule has 0 aliphatic heterocycles. The van der Waals surface area contributed by atoms with Gasteiger partial charge < -0.3 is 10.1 Å². The molecule has 1 aromatic heterocycles. The van der Waals surface area contributed by atoms with Crippen molar-refractivity contribution in [2.75, 3.05) is 17.7 Å². The molecule has 1 heterocycles. The maximum atomic E-state index is 12.3. The van der Waals surface area contributed by atoms with E-state index in [0.717, 1.165) is 23.1 Å². The zero-order valence-electron chi connectivity index (χ0n) is 15.6. The number of nitrogens with zero attached hydrogens (tertiary/aromatic N) is 2. The summed E-state index contributed by atoms with van der Waals surface area (Å²) in [7, 11) is 0. The van der Waals surface area contributed by atoms with Crippen LogP contribution in [-0.4, -0.2) is 33.4 Å². The third-order valence-corrected chi connectivity index (χ3v) is 4.93. The van der Waals surface area contributed by atoms with E-state index in [0.29, 0.717) is 29.4 Å². The molecule has 0 aliphatic carbocycles. The molecule has 0 spiro atoms. The predicted octanol–water partition coefficient (Wildman–Crippen LogP) is 3.54. The molecule has 0 fully saturated rings. The number of amides is 1. The topological polar surface area (TPSA) is 97.0 Å². The molecule has 0 saturated carbocycles. The molecule has 7 nitrogen and oxygen atoms in total. The predicted molar refractivity (Wildman–Crippen MR) is 114 cm³/mol. The lowest BCUT2D eigenvalue weighted by Gasteiger charge is -2.06. The Kier molecular flexibility index (Phi) is 7.26. The van der Waals surface area contributed by atoms with Gasteiger partial charge in [-0.1, -0.05) is 35.5 Å². The van der Waals surface area contributed by atoms with Gasteiger partial charge >= 0.3 is 0 Å². The second-order valence-electron chi connectivity index (χ2n) is 6.00. The highest BCUT2D eigenvalue weighted by Gasteiger charge is 2.09. The van der Waals surface area contributed by atoms with Gasteiger partial charge in [-0.15, -0.1) is 10.2 Å². The first-order valence-electron chi connectivity index (χ1n) is 8.89. The summed E-state index contributed by atoms with van der Waals surface area (Å²) in [6.45, 7) is 2.52. The van der Waals surface area contributed by atoms with Crippen LogP contribution >= 0.6 is 23.4 Å². The molecule has 1 amide bonds.